The summed E-state index contributed by atoms with van der Waals surface area (Å²) in [6.07, 6.45) is -4.59. The van der Waals surface area contributed by atoms with Gasteiger partial charge in [0.15, 0.2) is 0 Å². The zero-order valence-electron chi connectivity index (χ0n) is 37.8. The number of alkyl halides is 6. The van der Waals surface area contributed by atoms with Gasteiger partial charge in [-0.2, -0.15) is 36.5 Å². The molecule has 2 aromatic heterocycles. The van der Waals surface area contributed by atoms with E-state index in [2.05, 4.69) is 55.5 Å². The Kier molecular flexibility index (Phi) is 16.5. The van der Waals surface area contributed by atoms with Gasteiger partial charge in [-0.1, -0.05) is 37.0 Å². The number of hydrogen-bond donors (Lipinski definition) is 6. The molecule has 2 fully saturated rings. The molecule has 2 heterocycles. The lowest BCUT2D eigenvalue weighted by molar-refractivity contribution is -0.138. The minimum Gasteiger partial charge on any atom is -0.368 e. The van der Waals surface area contributed by atoms with E-state index in [4.69, 9.17) is 23.2 Å². The number of aromatic amines is 2. The van der Waals surface area contributed by atoms with Crippen LogP contribution >= 0.6 is 23.2 Å². The van der Waals surface area contributed by atoms with Gasteiger partial charge < -0.3 is 21.3 Å². The molecule has 0 spiro atoms. The molecule has 6 atom stereocenters. The molecule has 0 bridgehead atoms. The molecule has 10 nitrogen and oxygen atoms in total. The van der Waals surface area contributed by atoms with Crippen LogP contribution in [-0.4, -0.2) is 57.4 Å². The molecule has 0 unspecified atom stereocenters. The number of amides is 2. The second-order valence-corrected chi connectivity index (χ2v) is 18.8. The van der Waals surface area contributed by atoms with E-state index < -0.39 is 35.3 Å². The normalized spacial score (nSPS) is 20.5. The van der Waals surface area contributed by atoms with E-state index in [9.17, 15) is 44.7 Å². The predicted octanol–water partition coefficient (Wildman–Crippen LogP) is 13.1. The summed E-state index contributed by atoms with van der Waals surface area (Å²) in [5, 5.41) is 26.7. The fourth-order valence-corrected chi connectivity index (χ4v) is 9.32. The number of carbonyl (C=O) groups is 2. The summed E-state index contributed by atoms with van der Waals surface area (Å²) < 4.78 is 104. The summed E-state index contributed by atoms with van der Waals surface area (Å²) in [7, 11) is 0. The van der Waals surface area contributed by atoms with Crippen LogP contribution in [0.15, 0.2) is 97.1 Å². The summed E-state index contributed by atoms with van der Waals surface area (Å²) in [5.41, 5.74) is 1.06. The Morgan fingerprint density at radius 3 is 1.29 bits per heavy atom. The van der Waals surface area contributed by atoms with Crippen LogP contribution in [0.5, 0.6) is 0 Å². The predicted molar refractivity (Wildman–Crippen MR) is 253 cm³/mol. The lowest BCUT2D eigenvalue weighted by Gasteiger charge is -2.34. The number of carbonyl (C=O) groups excluding carboxylic acids is 2. The van der Waals surface area contributed by atoms with Crippen LogP contribution in [0.1, 0.15) is 84.2 Å². The van der Waals surface area contributed by atoms with Crippen LogP contribution < -0.4 is 21.3 Å². The number of H-pyrrole nitrogens is 2. The van der Waals surface area contributed by atoms with Crippen LogP contribution in [-0.2, 0) is 12.4 Å². The van der Waals surface area contributed by atoms with Crippen LogP contribution in [0, 0.1) is 35.3 Å². The summed E-state index contributed by atoms with van der Waals surface area (Å²) in [5.74, 6) is 0.799. The average molecular weight is 1020 g/mol. The maximum absolute atomic E-state index is 13.1. The van der Waals surface area contributed by atoms with Crippen molar-refractivity contribution in [1.29, 1.82) is 0 Å². The number of benzene rings is 4. The van der Waals surface area contributed by atoms with E-state index in [1.807, 2.05) is 12.1 Å². The van der Waals surface area contributed by atoms with Gasteiger partial charge in [0.05, 0.1) is 43.7 Å². The molecule has 6 N–H and O–H groups in total. The van der Waals surface area contributed by atoms with Crippen molar-refractivity contribution in [1.82, 2.24) is 31.0 Å². The van der Waals surface area contributed by atoms with Gasteiger partial charge in [-0.15, -0.1) is 0 Å². The molecule has 8 rings (SSSR count). The topological polar surface area (TPSA) is 140 Å². The number of nitrogens with one attached hydrogen (secondary N) is 6. The van der Waals surface area contributed by atoms with Gasteiger partial charge in [0, 0.05) is 37.3 Å². The first-order valence-corrected chi connectivity index (χ1v) is 23.4. The third-order valence-electron chi connectivity index (χ3n) is 13.0. The first-order chi connectivity index (χ1) is 33.2. The molecule has 372 valence electrons. The number of nitrogens with zero attached hydrogens (tertiary/aromatic N) is 2. The molecule has 0 saturated heterocycles. The van der Waals surface area contributed by atoms with E-state index in [-0.39, 0.29) is 56.7 Å². The maximum Gasteiger partial charge on any atom is 0.416 e. The average Bonchev–Trinajstić information content (AvgIpc) is 3.99. The molecule has 0 radical (unpaired) electrons. The molecule has 70 heavy (non-hydrogen) atoms. The van der Waals surface area contributed by atoms with E-state index in [1.54, 1.807) is 24.3 Å². The Morgan fingerprint density at radius 1 is 0.571 bits per heavy atom. The molecule has 0 aliphatic heterocycles. The van der Waals surface area contributed by atoms with Crippen LogP contribution in [0.2, 0.25) is 10.0 Å². The Hall–Kier alpha value is -6.14. The Morgan fingerprint density at radius 2 is 0.943 bits per heavy atom. The highest BCUT2D eigenvalue weighted by Gasteiger charge is 2.35. The van der Waals surface area contributed by atoms with Crippen LogP contribution in [0.3, 0.4) is 0 Å². The second kappa shape index (κ2) is 22.3. The first kappa shape index (κ1) is 51.7. The van der Waals surface area contributed by atoms with Crippen molar-refractivity contribution in [3.8, 4) is 22.5 Å². The van der Waals surface area contributed by atoms with Gasteiger partial charge in [0.2, 0.25) is 0 Å². The zero-order valence-corrected chi connectivity index (χ0v) is 39.4. The lowest BCUT2D eigenvalue weighted by atomic mass is 9.78. The van der Waals surface area contributed by atoms with E-state index in [0.29, 0.717) is 62.2 Å². The van der Waals surface area contributed by atoms with E-state index >= 15 is 0 Å². The minimum absolute atomic E-state index is 0.0135. The molecule has 6 aromatic rings. The maximum atomic E-state index is 13.1. The molecule has 2 saturated carbocycles. The third-order valence-corrected chi connectivity index (χ3v) is 13.7. The molecule has 2 aliphatic carbocycles. The molecule has 2 aliphatic rings. The Labute approximate surface area is 408 Å². The van der Waals surface area contributed by atoms with Crippen molar-refractivity contribution in [2.45, 2.75) is 76.8 Å². The van der Waals surface area contributed by atoms with Crippen molar-refractivity contribution in [2.75, 3.05) is 23.7 Å². The highest BCUT2D eigenvalue weighted by atomic mass is 35.5. The summed E-state index contributed by atoms with van der Waals surface area (Å²) in [6, 6.07) is 21.2. The summed E-state index contributed by atoms with van der Waals surface area (Å²) >= 11 is 12.0. The molecule has 20 heteroatoms. The number of hydrogen-bond acceptors (Lipinski definition) is 6. The van der Waals surface area contributed by atoms with Crippen molar-refractivity contribution < 1.29 is 44.7 Å². The molecular weight excluding hydrogens is 967 g/mol. The fraction of sp³-hybridized carbons (Fsp3) is 0.360. The van der Waals surface area contributed by atoms with Gasteiger partial charge in [0.1, 0.15) is 23.3 Å². The van der Waals surface area contributed by atoms with Gasteiger partial charge in [-0.25, -0.2) is 8.78 Å². The van der Waals surface area contributed by atoms with Crippen molar-refractivity contribution in [3.63, 3.8) is 0 Å². The smallest absolute Gasteiger partial charge is 0.368 e. The third kappa shape index (κ3) is 13.6. The lowest BCUT2D eigenvalue weighted by Crippen LogP contribution is -2.41. The van der Waals surface area contributed by atoms with E-state index in [1.165, 1.54) is 24.3 Å². The summed E-state index contributed by atoms with van der Waals surface area (Å²) in [4.78, 5) is 25.3. The van der Waals surface area contributed by atoms with Crippen LogP contribution in [0.4, 0.5) is 46.8 Å². The molecule has 4 aromatic carbocycles. The second-order valence-electron chi connectivity index (χ2n) is 17.9. The fourth-order valence-electron chi connectivity index (χ4n) is 8.91. The van der Waals surface area contributed by atoms with Crippen molar-refractivity contribution >= 4 is 46.7 Å². The highest BCUT2D eigenvalue weighted by Crippen LogP contribution is 2.36. The summed E-state index contributed by atoms with van der Waals surface area (Å²) in [6.45, 7) is 5.57. The van der Waals surface area contributed by atoms with Gasteiger partial charge in [-0.3, -0.25) is 19.8 Å². The van der Waals surface area contributed by atoms with Gasteiger partial charge in [0.25, 0.3) is 11.8 Å². The van der Waals surface area contributed by atoms with E-state index in [0.717, 1.165) is 71.8 Å². The van der Waals surface area contributed by atoms with Gasteiger partial charge in [-0.05, 0) is 158 Å². The number of halogens is 10. The molecular formula is C50H50Cl2F8N8O2. The van der Waals surface area contributed by atoms with Crippen molar-refractivity contribution in [2.24, 2.45) is 23.7 Å². The minimum atomic E-state index is -4.55. The molecule has 2 amide bonds. The van der Waals surface area contributed by atoms with Crippen LogP contribution in [0.25, 0.3) is 22.5 Å². The van der Waals surface area contributed by atoms with Crippen molar-refractivity contribution in [3.05, 3.63) is 141 Å². The van der Waals surface area contributed by atoms with Gasteiger partial charge >= 0.3 is 12.4 Å². The quantitative estimate of drug-likeness (QED) is 0.0675. The standard InChI is InChI=1S/2C25H25ClF4N4O/c2*1-14-10-19(32-24(35)20-11-17(25(28,29)30)5-9-21(20)26)8-4-16(14)13-31-23-12-22(33-34-23)15-2-6-18(27)7-3-15/h2*2-3,5-7,9,11-12,14,16,19H,4,8,10,13H2,1H3,(H,32,35)(H2,31,33,34)/t14-,16+,19-;14-,16-,19+/m01/s1. The number of rotatable bonds is 12. The number of aromatic nitrogens is 4. The zero-order chi connectivity index (χ0) is 50.3. The monoisotopic (exact) mass is 1020 g/mol. The highest BCUT2D eigenvalue weighted by molar-refractivity contribution is 6.34. The largest absolute Gasteiger partial charge is 0.416 e. The first-order valence-electron chi connectivity index (χ1n) is 22.7. The Bertz CT molecular complexity index is 2540. The SMILES string of the molecule is C[C@@H]1C[C@@H](NC(=O)c2cc(C(F)(F)F)ccc2Cl)CC[C@@H]1CNc1cc(-c2ccc(F)cc2)[nH]n1.C[C@H]1C[C@@H](NC(=O)c2cc(C(F)(F)F)ccc2Cl)CC[C@@H]1CNc1cc(-c2ccc(F)cc2)[nH]n1. The number of anilines is 2. The Balaban J connectivity index is 0.000000206.